The van der Waals surface area contributed by atoms with Crippen LogP contribution in [0.1, 0.15) is 0 Å². The second kappa shape index (κ2) is 13.3. The number of rotatable bonds is 9. The second-order valence-electron chi connectivity index (χ2n) is 9.73. The van der Waals surface area contributed by atoms with Crippen LogP contribution in [0.25, 0.3) is 0 Å². The molecule has 0 aromatic heterocycles. The van der Waals surface area contributed by atoms with E-state index in [1.54, 1.807) is 24.3 Å². The number of nitrogens with zero attached hydrogens (tertiary/aromatic N) is 3. The normalized spacial score (nSPS) is 34.6. The summed E-state index contributed by atoms with van der Waals surface area (Å²) < 4.78 is 22.2. The third kappa shape index (κ3) is 6.75. The van der Waals surface area contributed by atoms with E-state index < -0.39 is 74.6 Å². The first-order valence-electron chi connectivity index (χ1n) is 12.7. The van der Waals surface area contributed by atoms with Crippen LogP contribution in [0.4, 0.5) is 17.1 Å². The van der Waals surface area contributed by atoms with E-state index in [1.165, 1.54) is 0 Å². The van der Waals surface area contributed by atoms with Crippen molar-refractivity contribution in [1.29, 1.82) is 0 Å². The summed E-state index contributed by atoms with van der Waals surface area (Å²) >= 11 is 0. The van der Waals surface area contributed by atoms with E-state index in [9.17, 15) is 35.7 Å². The Morgan fingerprint density at radius 2 is 1.20 bits per heavy atom. The number of azo groups is 1. The maximum atomic E-state index is 10.7. The molecule has 0 amide bonds. The molecule has 0 saturated carbocycles. The van der Waals surface area contributed by atoms with Crippen LogP contribution >= 0.6 is 0 Å². The van der Waals surface area contributed by atoms with Gasteiger partial charge in [-0.05, 0) is 48.5 Å². The van der Waals surface area contributed by atoms with Gasteiger partial charge >= 0.3 is 0 Å². The zero-order valence-electron chi connectivity index (χ0n) is 21.9. The van der Waals surface area contributed by atoms with E-state index in [0.717, 1.165) is 5.69 Å². The van der Waals surface area contributed by atoms with Gasteiger partial charge in [-0.1, -0.05) is 0 Å². The van der Waals surface area contributed by atoms with E-state index in [2.05, 4.69) is 10.2 Å². The highest BCUT2D eigenvalue weighted by Crippen LogP contribution is 2.31. The molecule has 10 unspecified atom stereocenters. The number of hydrogen-bond donors (Lipinski definition) is 7. The molecular weight excluding hydrogens is 530 g/mol. The van der Waals surface area contributed by atoms with Crippen LogP contribution in [0, 0.1) is 0 Å². The summed E-state index contributed by atoms with van der Waals surface area (Å²) in [5, 5.41) is 79.2. The van der Waals surface area contributed by atoms with Crippen molar-refractivity contribution in [3.05, 3.63) is 48.5 Å². The van der Waals surface area contributed by atoms with Gasteiger partial charge in [0.15, 0.2) is 6.29 Å². The minimum absolute atomic E-state index is 0.274. The van der Waals surface area contributed by atoms with E-state index in [-0.39, 0.29) is 5.75 Å². The van der Waals surface area contributed by atoms with Crippen LogP contribution in [-0.2, 0) is 14.2 Å². The molecule has 40 heavy (non-hydrogen) atoms. The SMILES string of the molecule is CN(C)c1ccc(N=Nc2ccc(OC3OC(CO)C(OC4OC(CO)C(O)C(O)C4O)C(O)C3O)cc2)cc1. The molecule has 10 atom stereocenters. The number of hydrogen-bond acceptors (Lipinski definition) is 14. The van der Waals surface area contributed by atoms with E-state index >= 15 is 0 Å². The van der Waals surface area contributed by atoms with Crippen molar-refractivity contribution in [2.75, 3.05) is 32.2 Å². The van der Waals surface area contributed by atoms with Gasteiger partial charge in [0.2, 0.25) is 6.29 Å². The molecule has 0 bridgehead atoms. The van der Waals surface area contributed by atoms with Gasteiger partial charge in [0, 0.05) is 19.8 Å². The van der Waals surface area contributed by atoms with Crippen molar-refractivity contribution in [1.82, 2.24) is 0 Å². The molecule has 14 nitrogen and oxygen atoms in total. The van der Waals surface area contributed by atoms with E-state index in [1.807, 2.05) is 43.3 Å². The molecule has 2 aliphatic heterocycles. The lowest BCUT2D eigenvalue weighted by Crippen LogP contribution is -2.65. The summed E-state index contributed by atoms with van der Waals surface area (Å²) in [7, 11) is 3.89. The first kappa shape index (κ1) is 30.2. The fourth-order valence-electron chi connectivity index (χ4n) is 4.31. The van der Waals surface area contributed by atoms with Crippen molar-refractivity contribution in [2.24, 2.45) is 10.2 Å². The molecule has 4 rings (SSSR count). The van der Waals surface area contributed by atoms with Crippen LogP contribution < -0.4 is 9.64 Å². The van der Waals surface area contributed by atoms with E-state index in [0.29, 0.717) is 11.4 Å². The zero-order valence-corrected chi connectivity index (χ0v) is 21.9. The number of ether oxygens (including phenoxy) is 4. The molecule has 0 spiro atoms. The molecule has 220 valence electrons. The Balaban J connectivity index is 1.37. The predicted octanol–water partition coefficient (Wildman–Crippen LogP) is -0.829. The molecule has 7 N–H and O–H groups in total. The molecule has 0 radical (unpaired) electrons. The van der Waals surface area contributed by atoms with Gasteiger partial charge < -0.3 is 59.6 Å². The van der Waals surface area contributed by atoms with Crippen LogP contribution in [0.15, 0.2) is 58.8 Å². The molecule has 2 aromatic rings. The molecule has 2 aromatic carbocycles. The fraction of sp³-hybridized carbons (Fsp3) is 0.538. The Labute approximate surface area is 230 Å². The standard InChI is InChI=1S/C26H35N3O11/c1-29(2)15-7-3-13(4-8-15)27-28-14-5-9-16(10-6-14)37-25-23(36)21(34)24(18(12-31)39-25)40-26-22(35)20(33)19(32)17(11-30)38-26/h3-10,17-26,30-36H,11-12H2,1-2H3. The van der Waals surface area contributed by atoms with E-state index in [4.69, 9.17) is 18.9 Å². The van der Waals surface area contributed by atoms with Crippen molar-refractivity contribution >= 4 is 17.1 Å². The number of anilines is 1. The van der Waals surface area contributed by atoms with Crippen LogP contribution in [0.2, 0.25) is 0 Å². The highest BCUT2D eigenvalue weighted by Gasteiger charge is 2.51. The fourth-order valence-corrected chi connectivity index (χ4v) is 4.31. The minimum Gasteiger partial charge on any atom is -0.462 e. The lowest BCUT2D eigenvalue weighted by molar-refractivity contribution is -0.352. The molecule has 2 heterocycles. The van der Waals surface area contributed by atoms with Gasteiger partial charge in [-0.2, -0.15) is 10.2 Å². The third-order valence-corrected chi connectivity index (χ3v) is 6.70. The summed E-state index contributed by atoms with van der Waals surface area (Å²) in [6, 6.07) is 13.9. The molecule has 2 saturated heterocycles. The topological polar surface area (TPSA) is 206 Å². The lowest BCUT2D eigenvalue weighted by atomic mass is 9.97. The molecular formula is C26H35N3O11. The van der Waals surface area contributed by atoms with Crippen molar-refractivity contribution in [2.45, 2.75) is 61.4 Å². The summed E-state index contributed by atoms with van der Waals surface area (Å²) in [5.41, 5.74) is 2.25. The van der Waals surface area contributed by atoms with Gasteiger partial charge in [-0.25, -0.2) is 0 Å². The number of benzene rings is 2. The molecule has 2 aliphatic rings. The first-order valence-corrected chi connectivity index (χ1v) is 12.7. The average molecular weight is 566 g/mol. The third-order valence-electron chi connectivity index (χ3n) is 6.70. The average Bonchev–Trinajstić information content (AvgIpc) is 2.96. The smallest absolute Gasteiger partial charge is 0.229 e. The van der Waals surface area contributed by atoms with Gasteiger partial charge in [0.05, 0.1) is 24.6 Å². The second-order valence-corrected chi connectivity index (χ2v) is 9.73. The minimum atomic E-state index is -1.75. The Bertz CT molecular complexity index is 1100. The Kier molecular flexibility index (Phi) is 10.0. The summed E-state index contributed by atoms with van der Waals surface area (Å²) in [6.07, 6.45) is -15.3. The summed E-state index contributed by atoms with van der Waals surface area (Å²) in [5.74, 6) is 0.274. The monoisotopic (exact) mass is 565 g/mol. The van der Waals surface area contributed by atoms with Crippen molar-refractivity contribution in [3.63, 3.8) is 0 Å². The first-order chi connectivity index (χ1) is 19.1. The van der Waals surface area contributed by atoms with Gasteiger partial charge in [0.1, 0.15) is 54.6 Å². The summed E-state index contributed by atoms with van der Waals surface area (Å²) in [4.78, 5) is 1.97. The van der Waals surface area contributed by atoms with Gasteiger partial charge in [-0.3, -0.25) is 0 Å². The highest BCUT2D eigenvalue weighted by atomic mass is 16.7. The highest BCUT2D eigenvalue weighted by molar-refractivity contribution is 5.52. The van der Waals surface area contributed by atoms with Crippen LogP contribution in [0.5, 0.6) is 5.75 Å². The Hall–Kier alpha value is -2.76. The van der Waals surface area contributed by atoms with Crippen molar-refractivity contribution in [3.8, 4) is 5.75 Å². The Morgan fingerprint density at radius 1 is 0.675 bits per heavy atom. The molecule has 2 fully saturated rings. The van der Waals surface area contributed by atoms with Crippen molar-refractivity contribution < 1.29 is 54.7 Å². The number of aliphatic hydroxyl groups is 7. The van der Waals surface area contributed by atoms with Crippen LogP contribution in [0.3, 0.4) is 0 Å². The maximum absolute atomic E-state index is 10.7. The zero-order chi connectivity index (χ0) is 29.0. The lowest BCUT2D eigenvalue weighted by Gasteiger charge is -2.45. The number of aliphatic hydroxyl groups excluding tert-OH is 7. The maximum Gasteiger partial charge on any atom is 0.229 e. The molecule has 0 aliphatic carbocycles. The van der Waals surface area contributed by atoms with Gasteiger partial charge in [-0.15, -0.1) is 0 Å². The summed E-state index contributed by atoms with van der Waals surface area (Å²) in [6.45, 7) is -1.35. The van der Waals surface area contributed by atoms with Gasteiger partial charge in [0.25, 0.3) is 0 Å². The predicted molar refractivity (Wildman–Crippen MR) is 138 cm³/mol. The largest absolute Gasteiger partial charge is 0.462 e. The quantitative estimate of drug-likeness (QED) is 0.186. The molecule has 14 heteroatoms. The Morgan fingerprint density at radius 3 is 1.75 bits per heavy atom. The van der Waals surface area contributed by atoms with Crippen LogP contribution in [-0.4, -0.2) is 124 Å².